The number of rotatable bonds is 5. The Hall–Kier alpha value is -3.16. The number of benzene rings is 2. The van der Waals surface area contributed by atoms with E-state index < -0.39 is 28.9 Å². The second-order valence-corrected chi connectivity index (χ2v) is 5.61. The summed E-state index contributed by atoms with van der Waals surface area (Å²) in [7, 11) is 0. The van der Waals surface area contributed by atoms with E-state index in [0.29, 0.717) is 11.9 Å². The molecule has 0 unspecified atom stereocenters. The summed E-state index contributed by atoms with van der Waals surface area (Å²) in [5.74, 6) is -4.72. The molecule has 1 amide bonds. The molecule has 0 fully saturated rings. The average Bonchev–Trinajstić information content (AvgIpc) is 3.08. The molecule has 2 aromatic carbocycles. The van der Waals surface area contributed by atoms with Crippen molar-refractivity contribution in [3.05, 3.63) is 70.9 Å². The molecule has 0 aliphatic heterocycles. The molecule has 3 aromatic rings. The number of halogens is 3. The van der Waals surface area contributed by atoms with Gasteiger partial charge in [0.2, 0.25) is 11.7 Å². The van der Waals surface area contributed by atoms with E-state index in [1.807, 2.05) is 31.2 Å². The van der Waals surface area contributed by atoms with Gasteiger partial charge in [-0.25, -0.2) is 13.2 Å². The van der Waals surface area contributed by atoms with E-state index in [-0.39, 0.29) is 18.9 Å². The second kappa shape index (κ2) is 7.38. The molecule has 26 heavy (non-hydrogen) atoms. The quantitative estimate of drug-likeness (QED) is 0.707. The van der Waals surface area contributed by atoms with Crippen molar-refractivity contribution in [2.24, 2.45) is 0 Å². The van der Waals surface area contributed by atoms with Crippen LogP contribution >= 0.6 is 0 Å². The van der Waals surface area contributed by atoms with Gasteiger partial charge < -0.3 is 9.84 Å². The number of hydrogen-bond acceptors (Lipinski definition) is 4. The molecule has 1 heterocycles. The SMILES string of the molecule is Cc1cccc(-c2noc(CCNC(=O)c3ccc(F)c(F)c3F)n2)c1. The lowest BCUT2D eigenvalue weighted by molar-refractivity contribution is 0.0948. The summed E-state index contributed by atoms with van der Waals surface area (Å²) >= 11 is 0. The highest BCUT2D eigenvalue weighted by Crippen LogP contribution is 2.17. The molecule has 0 bridgehead atoms. The number of hydrogen-bond donors (Lipinski definition) is 1. The zero-order valence-corrected chi connectivity index (χ0v) is 13.7. The number of carbonyl (C=O) groups excluding carboxylic acids is 1. The van der Waals surface area contributed by atoms with E-state index >= 15 is 0 Å². The zero-order valence-electron chi connectivity index (χ0n) is 13.7. The minimum Gasteiger partial charge on any atom is -0.351 e. The molecule has 0 radical (unpaired) electrons. The molecule has 3 rings (SSSR count). The fourth-order valence-corrected chi connectivity index (χ4v) is 2.34. The first-order valence-electron chi connectivity index (χ1n) is 7.77. The van der Waals surface area contributed by atoms with Crippen LogP contribution in [0.5, 0.6) is 0 Å². The van der Waals surface area contributed by atoms with Crippen LogP contribution in [0.2, 0.25) is 0 Å². The van der Waals surface area contributed by atoms with Gasteiger partial charge in [0.15, 0.2) is 17.5 Å². The predicted octanol–water partition coefficient (Wildman–Crippen LogP) is 3.43. The van der Waals surface area contributed by atoms with Gasteiger partial charge in [0.1, 0.15) is 0 Å². The van der Waals surface area contributed by atoms with E-state index in [0.717, 1.165) is 17.2 Å². The maximum atomic E-state index is 13.6. The van der Waals surface area contributed by atoms with Crippen LogP contribution in [0.3, 0.4) is 0 Å². The van der Waals surface area contributed by atoms with Crippen molar-refractivity contribution in [2.45, 2.75) is 13.3 Å². The van der Waals surface area contributed by atoms with Gasteiger partial charge in [-0.1, -0.05) is 28.9 Å². The highest BCUT2D eigenvalue weighted by atomic mass is 19.2. The summed E-state index contributed by atoms with van der Waals surface area (Å²) in [4.78, 5) is 16.1. The third-order valence-electron chi connectivity index (χ3n) is 3.65. The largest absolute Gasteiger partial charge is 0.351 e. The van der Waals surface area contributed by atoms with E-state index in [4.69, 9.17) is 4.52 Å². The van der Waals surface area contributed by atoms with Crippen LogP contribution in [0.4, 0.5) is 13.2 Å². The van der Waals surface area contributed by atoms with Gasteiger partial charge in [0.25, 0.3) is 5.91 Å². The molecule has 0 saturated heterocycles. The Balaban J connectivity index is 1.60. The molecule has 0 aliphatic carbocycles. The smallest absolute Gasteiger partial charge is 0.254 e. The Morgan fingerprint density at radius 2 is 1.96 bits per heavy atom. The minimum atomic E-state index is -1.68. The van der Waals surface area contributed by atoms with Gasteiger partial charge >= 0.3 is 0 Å². The summed E-state index contributed by atoms with van der Waals surface area (Å²) in [6.45, 7) is 2.00. The molecule has 134 valence electrons. The van der Waals surface area contributed by atoms with Gasteiger partial charge in [-0.05, 0) is 25.1 Å². The number of amides is 1. The highest BCUT2D eigenvalue weighted by Gasteiger charge is 2.18. The Morgan fingerprint density at radius 3 is 2.73 bits per heavy atom. The lowest BCUT2D eigenvalue weighted by Crippen LogP contribution is -2.27. The summed E-state index contributed by atoms with van der Waals surface area (Å²) < 4.78 is 44.7. The van der Waals surface area contributed by atoms with E-state index in [1.165, 1.54) is 0 Å². The molecular weight excluding hydrogens is 347 g/mol. The summed E-state index contributed by atoms with van der Waals surface area (Å²) in [6, 6.07) is 9.14. The van der Waals surface area contributed by atoms with Gasteiger partial charge in [0, 0.05) is 18.5 Å². The maximum absolute atomic E-state index is 13.6. The first kappa shape index (κ1) is 17.7. The lowest BCUT2D eigenvalue weighted by Gasteiger charge is -2.05. The maximum Gasteiger partial charge on any atom is 0.254 e. The minimum absolute atomic E-state index is 0.0622. The molecule has 0 atom stereocenters. The molecule has 8 heteroatoms. The Labute approximate surface area is 146 Å². The van der Waals surface area contributed by atoms with Crippen LogP contribution in [-0.4, -0.2) is 22.6 Å². The van der Waals surface area contributed by atoms with Gasteiger partial charge in [-0.2, -0.15) is 4.98 Å². The van der Waals surface area contributed by atoms with Crippen molar-refractivity contribution in [1.82, 2.24) is 15.5 Å². The van der Waals surface area contributed by atoms with Crippen LogP contribution in [-0.2, 0) is 6.42 Å². The molecule has 0 spiro atoms. The topological polar surface area (TPSA) is 68.0 Å². The lowest BCUT2D eigenvalue weighted by atomic mass is 10.1. The average molecular weight is 361 g/mol. The fraction of sp³-hybridized carbons (Fsp3) is 0.167. The predicted molar refractivity (Wildman–Crippen MR) is 86.8 cm³/mol. The summed E-state index contributed by atoms with van der Waals surface area (Å²) in [5, 5.41) is 6.27. The third-order valence-corrected chi connectivity index (χ3v) is 3.65. The first-order chi connectivity index (χ1) is 12.5. The Kier molecular flexibility index (Phi) is 5.01. The van der Waals surface area contributed by atoms with Crippen molar-refractivity contribution in [3.63, 3.8) is 0 Å². The fourth-order valence-electron chi connectivity index (χ4n) is 2.34. The molecule has 5 nitrogen and oxygen atoms in total. The number of aromatic nitrogens is 2. The summed E-state index contributed by atoms with van der Waals surface area (Å²) in [6.07, 6.45) is 0.204. The molecule has 0 aliphatic rings. The Morgan fingerprint density at radius 1 is 1.15 bits per heavy atom. The van der Waals surface area contributed by atoms with Gasteiger partial charge in [-0.3, -0.25) is 4.79 Å². The van der Waals surface area contributed by atoms with Crippen molar-refractivity contribution >= 4 is 5.91 Å². The van der Waals surface area contributed by atoms with Crippen molar-refractivity contribution in [3.8, 4) is 11.4 Å². The molecule has 1 aromatic heterocycles. The number of nitrogens with one attached hydrogen (secondary N) is 1. The van der Waals surface area contributed by atoms with Crippen LogP contribution in [0.15, 0.2) is 40.9 Å². The second-order valence-electron chi connectivity index (χ2n) is 5.61. The van der Waals surface area contributed by atoms with Crippen molar-refractivity contribution in [2.75, 3.05) is 6.54 Å². The Bertz CT molecular complexity index is 957. The molecule has 0 saturated carbocycles. The summed E-state index contributed by atoms with van der Waals surface area (Å²) in [5.41, 5.74) is 1.28. The van der Waals surface area contributed by atoms with Crippen molar-refractivity contribution in [1.29, 1.82) is 0 Å². The number of nitrogens with zero attached hydrogens (tertiary/aromatic N) is 2. The van der Waals surface area contributed by atoms with E-state index in [1.54, 1.807) is 0 Å². The van der Waals surface area contributed by atoms with Crippen LogP contribution in [0.25, 0.3) is 11.4 Å². The third kappa shape index (κ3) is 3.74. The van der Waals surface area contributed by atoms with Crippen LogP contribution in [0, 0.1) is 24.4 Å². The van der Waals surface area contributed by atoms with Crippen molar-refractivity contribution < 1.29 is 22.5 Å². The van der Waals surface area contributed by atoms with Crippen LogP contribution in [0.1, 0.15) is 21.8 Å². The number of aryl methyl sites for hydroxylation is 1. The van der Waals surface area contributed by atoms with Gasteiger partial charge in [0.05, 0.1) is 5.56 Å². The van der Waals surface area contributed by atoms with Gasteiger partial charge in [-0.15, -0.1) is 0 Å². The highest BCUT2D eigenvalue weighted by molar-refractivity contribution is 5.94. The molecule has 1 N–H and O–H groups in total. The first-order valence-corrected chi connectivity index (χ1v) is 7.77. The standard InChI is InChI=1S/C18H14F3N3O2/c1-10-3-2-4-11(9-10)17-23-14(26-24-17)7-8-22-18(25)12-5-6-13(19)16(21)15(12)20/h2-6,9H,7-8H2,1H3,(H,22,25). The molecular formula is C18H14F3N3O2. The number of carbonyl (C=O) groups is 1. The van der Waals surface area contributed by atoms with E-state index in [9.17, 15) is 18.0 Å². The van der Waals surface area contributed by atoms with Crippen LogP contribution < -0.4 is 5.32 Å². The zero-order chi connectivity index (χ0) is 18.7. The monoisotopic (exact) mass is 361 g/mol. The van der Waals surface area contributed by atoms with E-state index in [2.05, 4.69) is 15.5 Å². The normalized spacial score (nSPS) is 10.8.